The molecule has 2 saturated heterocycles. The van der Waals surface area contributed by atoms with E-state index in [1.54, 1.807) is 17.7 Å². The summed E-state index contributed by atoms with van der Waals surface area (Å²) in [5, 5.41) is 1.13. The number of rotatable bonds is 4. The fraction of sp³-hybridized carbons (Fsp3) is 0.409. The smallest absolute Gasteiger partial charge is 0.231 e. The van der Waals surface area contributed by atoms with Gasteiger partial charge in [-0.1, -0.05) is 37.3 Å². The molecule has 2 fully saturated rings. The SMILES string of the molecule is CCc1cc2c(N3CCC4(CCN(Cc5ccccc5)C4=O)C3)ncnc2s1. The van der Waals surface area contributed by atoms with Gasteiger partial charge in [0.2, 0.25) is 5.91 Å². The number of aryl methyl sites for hydroxylation is 1. The molecule has 1 unspecified atom stereocenters. The fourth-order valence-electron chi connectivity index (χ4n) is 4.60. The summed E-state index contributed by atoms with van der Waals surface area (Å²) in [6, 6.07) is 12.5. The molecule has 3 aromatic rings. The number of carbonyl (C=O) groups excluding carboxylic acids is 1. The van der Waals surface area contributed by atoms with Crippen molar-refractivity contribution >= 4 is 33.3 Å². The van der Waals surface area contributed by atoms with Crippen molar-refractivity contribution < 1.29 is 4.79 Å². The molecular weight excluding hydrogens is 368 g/mol. The van der Waals surface area contributed by atoms with Gasteiger partial charge in [0.1, 0.15) is 17.0 Å². The Hall–Kier alpha value is -2.47. The fourth-order valence-corrected chi connectivity index (χ4v) is 5.53. The van der Waals surface area contributed by atoms with E-state index >= 15 is 0 Å². The van der Waals surface area contributed by atoms with E-state index in [1.165, 1.54) is 10.4 Å². The Morgan fingerprint density at radius 1 is 1.14 bits per heavy atom. The number of thiophene rings is 1. The zero-order valence-electron chi connectivity index (χ0n) is 16.1. The molecule has 4 heterocycles. The summed E-state index contributed by atoms with van der Waals surface area (Å²) < 4.78 is 0. The first-order chi connectivity index (χ1) is 13.7. The second-order valence-corrected chi connectivity index (χ2v) is 9.01. The zero-order valence-corrected chi connectivity index (χ0v) is 16.9. The van der Waals surface area contributed by atoms with Crippen LogP contribution in [-0.4, -0.2) is 40.4 Å². The van der Waals surface area contributed by atoms with Crippen molar-refractivity contribution in [2.45, 2.75) is 32.7 Å². The van der Waals surface area contributed by atoms with Gasteiger partial charge in [-0.15, -0.1) is 11.3 Å². The molecule has 2 aliphatic heterocycles. The first-order valence-electron chi connectivity index (χ1n) is 10.0. The second kappa shape index (κ2) is 6.85. The van der Waals surface area contributed by atoms with Crippen molar-refractivity contribution in [1.29, 1.82) is 0 Å². The van der Waals surface area contributed by atoms with Crippen molar-refractivity contribution in [3.8, 4) is 0 Å². The van der Waals surface area contributed by atoms with E-state index < -0.39 is 0 Å². The third kappa shape index (κ3) is 2.87. The summed E-state index contributed by atoms with van der Waals surface area (Å²) in [4.78, 5) is 29.1. The molecule has 0 bridgehead atoms. The Morgan fingerprint density at radius 3 is 2.79 bits per heavy atom. The lowest BCUT2D eigenvalue weighted by atomic mass is 9.85. The first kappa shape index (κ1) is 17.6. The number of hydrogen-bond donors (Lipinski definition) is 0. The third-order valence-electron chi connectivity index (χ3n) is 6.18. The van der Waals surface area contributed by atoms with Crippen LogP contribution in [0.4, 0.5) is 5.82 Å². The number of amides is 1. The van der Waals surface area contributed by atoms with Crippen LogP contribution >= 0.6 is 11.3 Å². The predicted molar refractivity (Wildman–Crippen MR) is 113 cm³/mol. The highest BCUT2D eigenvalue weighted by molar-refractivity contribution is 7.18. The van der Waals surface area contributed by atoms with E-state index in [0.29, 0.717) is 12.5 Å². The van der Waals surface area contributed by atoms with Crippen LogP contribution in [0.3, 0.4) is 0 Å². The second-order valence-electron chi connectivity index (χ2n) is 7.90. The summed E-state index contributed by atoms with van der Waals surface area (Å²) >= 11 is 1.74. The summed E-state index contributed by atoms with van der Waals surface area (Å²) in [6.07, 6.45) is 4.52. The van der Waals surface area contributed by atoms with Gasteiger partial charge in [0.05, 0.1) is 10.8 Å². The predicted octanol–water partition coefficient (Wildman–Crippen LogP) is 3.88. The molecule has 5 nitrogen and oxygen atoms in total. The first-order valence-corrected chi connectivity index (χ1v) is 10.8. The molecule has 1 aromatic carbocycles. The lowest BCUT2D eigenvalue weighted by Gasteiger charge is -2.24. The highest BCUT2D eigenvalue weighted by atomic mass is 32.1. The standard InChI is InChI=1S/C22H24N4OS/c1-2-17-12-18-19(23-15-24-20(18)28-17)26-11-9-22(14-26)8-10-25(21(22)27)13-16-6-4-3-5-7-16/h3-7,12,15H,2,8-11,13-14H2,1H3. The largest absolute Gasteiger partial charge is 0.355 e. The van der Waals surface area contributed by atoms with E-state index in [0.717, 1.165) is 54.9 Å². The van der Waals surface area contributed by atoms with E-state index in [-0.39, 0.29) is 5.41 Å². The summed E-state index contributed by atoms with van der Waals surface area (Å²) in [5.74, 6) is 1.30. The molecular formula is C22H24N4OS. The minimum Gasteiger partial charge on any atom is -0.355 e. The Kier molecular flexibility index (Phi) is 4.31. The Morgan fingerprint density at radius 2 is 1.96 bits per heavy atom. The molecule has 28 heavy (non-hydrogen) atoms. The van der Waals surface area contributed by atoms with Crippen molar-refractivity contribution in [1.82, 2.24) is 14.9 Å². The summed E-state index contributed by atoms with van der Waals surface area (Å²) in [5.41, 5.74) is 0.945. The van der Waals surface area contributed by atoms with E-state index in [4.69, 9.17) is 0 Å². The number of nitrogens with zero attached hydrogens (tertiary/aromatic N) is 4. The monoisotopic (exact) mass is 392 g/mol. The number of anilines is 1. The minimum absolute atomic E-state index is 0.254. The van der Waals surface area contributed by atoms with Crippen LogP contribution in [0, 0.1) is 5.41 Å². The topological polar surface area (TPSA) is 49.3 Å². The van der Waals surface area contributed by atoms with Crippen LogP contribution in [0.5, 0.6) is 0 Å². The van der Waals surface area contributed by atoms with Crippen molar-refractivity contribution in [3.63, 3.8) is 0 Å². The Bertz CT molecular complexity index is 1020. The number of hydrogen-bond acceptors (Lipinski definition) is 5. The van der Waals surface area contributed by atoms with Crippen LogP contribution in [0.25, 0.3) is 10.2 Å². The van der Waals surface area contributed by atoms with Crippen LogP contribution in [0.15, 0.2) is 42.7 Å². The van der Waals surface area contributed by atoms with Crippen molar-refractivity contribution in [2.75, 3.05) is 24.5 Å². The molecule has 1 atom stereocenters. The molecule has 6 heteroatoms. The zero-order chi connectivity index (χ0) is 19.1. The molecule has 0 saturated carbocycles. The van der Waals surface area contributed by atoms with E-state index in [1.807, 2.05) is 23.1 Å². The quantitative estimate of drug-likeness (QED) is 0.676. The molecule has 5 rings (SSSR count). The average molecular weight is 393 g/mol. The number of likely N-dealkylation sites (tertiary alicyclic amines) is 1. The van der Waals surface area contributed by atoms with Gasteiger partial charge >= 0.3 is 0 Å². The van der Waals surface area contributed by atoms with Crippen LogP contribution in [0.2, 0.25) is 0 Å². The highest BCUT2D eigenvalue weighted by Gasteiger charge is 2.51. The third-order valence-corrected chi connectivity index (χ3v) is 7.37. The van der Waals surface area contributed by atoms with Crippen LogP contribution in [0.1, 0.15) is 30.2 Å². The van der Waals surface area contributed by atoms with Crippen molar-refractivity contribution in [2.24, 2.45) is 5.41 Å². The molecule has 144 valence electrons. The molecule has 0 aliphatic carbocycles. The van der Waals surface area contributed by atoms with E-state index in [9.17, 15) is 4.79 Å². The molecule has 0 radical (unpaired) electrons. The van der Waals surface area contributed by atoms with Crippen LogP contribution in [-0.2, 0) is 17.8 Å². The van der Waals surface area contributed by atoms with Crippen molar-refractivity contribution in [3.05, 3.63) is 53.2 Å². The Balaban J connectivity index is 1.37. The number of carbonyl (C=O) groups is 1. The maximum absolute atomic E-state index is 13.3. The number of benzene rings is 1. The van der Waals surface area contributed by atoms with Gasteiger partial charge in [0.25, 0.3) is 0 Å². The molecule has 2 aliphatic rings. The van der Waals surface area contributed by atoms with E-state index in [2.05, 4.69) is 40.0 Å². The molecule has 1 amide bonds. The van der Waals surface area contributed by atoms with Gasteiger partial charge in [-0.05, 0) is 30.9 Å². The van der Waals surface area contributed by atoms with Gasteiger partial charge in [0.15, 0.2) is 0 Å². The van der Waals surface area contributed by atoms with Gasteiger partial charge in [-0.3, -0.25) is 4.79 Å². The minimum atomic E-state index is -0.254. The number of fused-ring (bicyclic) bond motifs is 1. The van der Waals surface area contributed by atoms with Gasteiger partial charge in [-0.2, -0.15) is 0 Å². The van der Waals surface area contributed by atoms with Gasteiger partial charge in [0, 0.05) is 31.1 Å². The molecule has 1 spiro atoms. The van der Waals surface area contributed by atoms with Gasteiger partial charge < -0.3 is 9.80 Å². The lowest BCUT2D eigenvalue weighted by Crippen LogP contribution is -2.36. The lowest BCUT2D eigenvalue weighted by molar-refractivity contribution is -0.135. The number of aromatic nitrogens is 2. The Labute approximate surface area is 169 Å². The average Bonchev–Trinajstić information content (AvgIpc) is 3.42. The maximum atomic E-state index is 13.3. The van der Waals surface area contributed by atoms with Crippen LogP contribution < -0.4 is 4.90 Å². The molecule has 0 N–H and O–H groups in total. The maximum Gasteiger partial charge on any atom is 0.231 e. The normalized spacial score (nSPS) is 22.1. The summed E-state index contributed by atoms with van der Waals surface area (Å²) in [7, 11) is 0. The molecule has 2 aromatic heterocycles. The van der Waals surface area contributed by atoms with Gasteiger partial charge in [-0.25, -0.2) is 9.97 Å². The highest BCUT2D eigenvalue weighted by Crippen LogP contribution is 2.43. The summed E-state index contributed by atoms with van der Waals surface area (Å²) in [6.45, 7) is 5.37.